The quantitative estimate of drug-likeness (QED) is 0.681. The molecular formula is C19H25N3O4S. The molecule has 27 heavy (non-hydrogen) atoms. The van der Waals surface area contributed by atoms with Gasteiger partial charge >= 0.3 is 0 Å². The van der Waals surface area contributed by atoms with E-state index in [2.05, 4.69) is 10.3 Å². The molecule has 1 atom stereocenters. The van der Waals surface area contributed by atoms with Crippen LogP contribution in [0.1, 0.15) is 12.8 Å². The summed E-state index contributed by atoms with van der Waals surface area (Å²) in [4.78, 5) is 18.3. The Kier molecular flexibility index (Phi) is 6.28. The maximum absolute atomic E-state index is 12.0. The number of nitrogens with zero attached hydrogens (tertiary/aromatic N) is 2. The van der Waals surface area contributed by atoms with E-state index in [4.69, 9.17) is 4.74 Å². The summed E-state index contributed by atoms with van der Waals surface area (Å²) in [6.07, 6.45) is 2.71. The molecule has 1 unspecified atom stereocenters. The highest BCUT2D eigenvalue weighted by atomic mass is 32.2. The molecular weight excluding hydrogens is 366 g/mol. The molecule has 1 aliphatic heterocycles. The van der Waals surface area contributed by atoms with Crippen molar-refractivity contribution in [3.63, 3.8) is 0 Å². The normalized spacial score (nSPS) is 18.7. The Morgan fingerprint density at radius 2 is 2.15 bits per heavy atom. The molecule has 1 fully saturated rings. The predicted octanol–water partition coefficient (Wildman–Crippen LogP) is 1.24. The summed E-state index contributed by atoms with van der Waals surface area (Å²) in [5, 5.41) is 3.84. The first kappa shape index (κ1) is 19.6. The van der Waals surface area contributed by atoms with E-state index >= 15 is 0 Å². The molecule has 146 valence electrons. The van der Waals surface area contributed by atoms with Crippen LogP contribution in [0, 0.1) is 0 Å². The Morgan fingerprint density at radius 3 is 2.93 bits per heavy atom. The number of pyridine rings is 1. The second-order valence-electron chi connectivity index (χ2n) is 6.82. The Labute approximate surface area is 159 Å². The number of nitrogens with one attached hydrogen (secondary N) is 1. The van der Waals surface area contributed by atoms with Crippen molar-refractivity contribution in [1.82, 2.24) is 15.2 Å². The fourth-order valence-electron chi connectivity index (χ4n) is 3.22. The summed E-state index contributed by atoms with van der Waals surface area (Å²) in [5.41, 5.74) is 0.805. The number of carbonyl (C=O) groups excluding carboxylic acids is 1. The number of rotatable bonds is 8. The molecule has 0 aliphatic carbocycles. The third-order valence-corrected chi connectivity index (χ3v) is 6.55. The van der Waals surface area contributed by atoms with Crippen molar-refractivity contribution in [2.45, 2.75) is 18.9 Å². The summed E-state index contributed by atoms with van der Waals surface area (Å²) in [5.74, 6) is 1.07. The van der Waals surface area contributed by atoms with Gasteiger partial charge in [0.15, 0.2) is 9.84 Å². The number of ether oxygens (including phenoxy) is 1. The standard InChI is InChI=1S/C19H25N3O4S/c1-22(16-8-13-27(24,25)14-16)11-7-18(23)20-10-12-26-17-6-2-4-15-5-3-9-21-19(15)17/h2-6,9,16H,7-8,10-14H2,1H3,(H,20,23). The average molecular weight is 391 g/mol. The van der Waals surface area contributed by atoms with Gasteiger partial charge in [-0.15, -0.1) is 0 Å². The highest BCUT2D eigenvalue weighted by Gasteiger charge is 2.30. The van der Waals surface area contributed by atoms with Crippen molar-refractivity contribution in [2.24, 2.45) is 0 Å². The Hall–Kier alpha value is -2.19. The Morgan fingerprint density at radius 1 is 1.33 bits per heavy atom. The fourth-order valence-corrected chi connectivity index (χ4v) is 5.02. The molecule has 2 aromatic rings. The topological polar surface area (TPSA) is 88.6 Å². The zero-order chi connectivity index (χ0) is 19.3. The van der Waals surface area contributed by atoms with Gasteiger partial charge in [-0.05, 0) is 25.6 Å². The van der Waals surface area contributed by atoms with Crippen LogP contribution in [0.5, 0.6) is 5.75 Å². The third kappa shape index (κ3) is 5.40. The number of aromatic nitrogens is 1. The van der Waals surface area contributed by atoms with Crippen LogP contribution < -0.4 is 10.1 Å². The molecule has 0 radical (unpaired) electrons. The van der Waals surface area contributed by atoms with Gasteiger partial charge in [-0.3, -0.25) is 9.78 Å². The van der Waals surface area contributed by atoms with Gasteiger partial charge in [-0.1, -0.05) is 18.2 Å². The molecule has 2 heterocycles. The van der Waals surface area contributed by atoms with E-state index in [9.17, 15) is 13.2 Å². The van der Waals surface area contributed by atoms with Crippen LogP contribution in [-0.4, -0.2) is 68.5 Å². The van der Waals surface area contributed by atoms with E-state index < -0.39 is 9.84 Å². The average Bonchev–Trinajstić information content (AvgIpc) is 3.03. The summed E-state index contributed by atoms with van der Waals surface area (Å²) in [6.45, 7) is 1.31. The van der Waals surface area contributed by atoms with Crippen molar-refractivity contribution in [2.75, 3.05) is 38.2 Å². The van der Waals surface area contributed by atoms with Crippen molar-refractivity contribution >= 4 is 26.6 Å². The number of hydrogen-bond donors (Lipinski definition) is 1. The number of amides is 1. The summed E-state index contributed by atoms with van der Waals surface area (Å²) in [6, 6.07) is 9.62. The summed E-state index contributed by atoms with van der Waals surface area (Å²) < 4.78 is 28.8. The first-order valence-electron chi connectivity index (χ1n) is 9.08. The molecule has 0 saturated carbocycles. The van der Waals surface area contributed by atoms with Gasteiger partial charge < -0.3 is 15.0 Å². The fraction of sp³-hybridized carbons (Fsp3) is 0.474. The third-order valence-electron chi connectivity index (χ3n) is 4.80. The van der Waals surface area contributed by atoms with Gasteiger partial charge in [0.2, 0.25) is 5.91 Å². The predicted molar refractivity (Wildman–Crippen MR) is 105 cm³/mol. The Balaban J connectivity index is 1.37. The highest BCUT2D eigenvalue weighted by molar-refractivity contribution is 7.91. The molecule has 1 aromatic heterocycles. The van der Waals surface area contributed by atoms with Crippen LogP contribution in [0.2, 0.25) is 0 Å². The summed E-state index contributed by atoms with van der Waals surface area (Å²) >= 11 is 0. The van der Waals surface area contributed by atoms with Gasteiger partial charge in [0.1, 0.15) is 17.9 Å². The highest BCUT2D eigenvalue weighted by Crippen LogP contribution is 2.22. The van der Waals surface area contributed by atoms with Gasteiger partial charge in [0, 0.05) is 30.6 Å². The smallest absolute Gasteiger partial charge is 0.221 e. The van der Waals surface area contributed by atoms with E-state index in [0.717, 1.165) is 10.9 Å². The van der Waals surface area contributed by atoms with E-state index in [0.29, 0.717) is 38.3 Å². The van der Waals surface area contributed by atoms with Crippen molar-refractivity contribution < 1.29 is 17.9 Å². The zero-order valence-corrected chi connectivity index (χ0v) is 16.2. The van der Waals surface area contributed by atoms with Gasteiger partial charge in [0.25, 0.3) is 0 Å². The lowest BCUT2D eigenvalue weighted by atomic mass is 10.2. The van der Waals surface area contributed by atoms with Crippen LogP contribution in [0.25, 0.3) is 10.9 Å². The van der Waals surface area contributed by atoms with E-state index in [1.54, 1.807) is 6.20 Å². The summed E-state index contributed by atoms with van der Waals surface area (Å²) in [7, 11) is -1.03. The number of para-hydroxylation sites is 1. The molecule has 7 nitrogen and oxygen atoms in total. The number of carbonyl (C=O) groups is 1. The van der Waals surface area contributed by atoms with E-state index in [1.165, 1.54) is 0 Å². The van der Waals surface area contributed by atoms with Gasteiger partial charge in [0.05, 0.1) is 18.1 Å². The van der Waals surface area contributed by atoms with Crippen LogP contribution >= 0.6 is 0 Å². The van der Waals surface area contributed by atoms with E-state index in [-0.39, 0.29) is 23.5 Å². The lowest BCUT2D eigenvalue weighted by Crippen LogP contribution is -2.36. The molecule has 0 bridgehead atoms. The van der Waals surface area contributed by atoms with Gasteiger partial charge in [-0.2, -0.15) is 0 Å². The number of fused-ring (bicyclic) bond motifs is 1. The molecule has 1 N–H and O–H groups in total. The minimum Gasteiger partial charge on any atom is -0.489 e. The monoisotopic (exact) mass is 391 g/mol. The molecule has 8 heteroatoms. The molecule has 1 aromatic carbocycles. The largest absolute Gasteiger partial charge is 0.489 e. The van der Waals surface area contributed by atoms with Crippen molar-refractivity contribution in [3.8, 4) is 5.75 Å². The number of benzene rings is 1. The molecule has 1 amide bonds. The first-order chi connectivity index (χ1) is 12.9. The number of hydrogen-bond acceptors (Lipinski definition) is 6. The molecule has 1 saturated heterocycles. The maximum atomic E-state index is 12.0. The molecule has 1 aliphatic rings. The lowest BCUT2D eigenvalue weighted by Gasteiger charge is -2.22. The van der Waals surface area contributed by atoms with Crippen molar-refractivity contribution in [1.29, 1.82) is 0 Å². The SMILES string of the molecule is CN(CCC(=O)NCCOc1cccc2cccnc12)C1CCS(=O)(=O)C1. The van der Waals surface area contributed by atoms with Crippen LogP contribution in [0.15, 0.2) is 36.5 Å². The zero-order valence-electron chi connectivity index (χ0n) is 15.4. The second-order valence-corrected chi connectivity index (χ2v) is 9.05. The number of sulfone groups is 1. The van der Waals surface area contributed by atoms with Crippen molar-refractivity contribution in [3.05, 3.63) is 36.5 Å². The molecule has 3 rings (SSSR count). The van der Waals surface area contributed by atoms with Gasteiger partial charge in [-0.25, -0.2) is 8.42 Å². The van der Waals surface area contributed by atoms with E-state index in [1.807, 2.05) is 42.3 Å². The van der Waals surface area contributed by atoms with Crippen LogP contribution in [-0.2, 0) is 14.6 Å². The molecule has 0 spiro atoms. The Bertz CT molecular complexity index is 895. The van der Waals surface area contributed by atoms with Crippen LogP contribution in [0.3, 0.4) is 0 Å². The second kappa shape index (κ2) is 8.67. The first-order valence-corrected chi connectivity index (χ1v) is 10.9. The maximum Gasteiger partial charge on any atom is 0.221 e. The minimum absolute atomic E-state index is 0.0185. The minimum atomic E-state index is -2.90. The lowest BCUT2D eigenvalue weighted by molar-refractivity contribution is -0.121. The van der Waals surface area contributed by atoms with Crippen LogP contribution in [0.4, 0.5) is 0 Å².